The van der Waals surface area contributed by atoms with E-state index in [1.54, 1.807) is 23.0 Å². The van der Waals surface area contributed by atoms with E-state index in [1.807, 2.05) is 32.0 Å². The van der Waals surface area contributed by atoms with Crippen LogP contribution in [0.4, 0.5) is 0 Å². The second-order valence-corrected chi connectivity index (χ2v) is 7.42. The number of hydrogen-bond donors (Lipinski definition) is 0. The van der Waals surface area contributed by atoms with Gasteiger partial charge in [0.15, 0.2) is 5.82 Å². The minimum atomic E-state index is -0.0865. The lowest BCUT2D eigenvalue weighted by atomic mass is 10.3. The Morgan fingerprint density at radius 1 is 0.966 bits per heavy atom. The van der Waals surface area contributed by atoms with Crippen molar-refractivity contribution in [2.75, 3.05) is 32.7 Å². The molecule has 152 valence electrons. The van der Waals surface area contributed by atoms with Crippen LogP contribution in [0.5, 0.6) is 0 Å². The van der Waals surface area contributed by atoms with E-state index in [-0.39, 0.29) is 5.56 Å². The fourth-order valence-corrected chi connectivity index (χ4v) is 3.63. The van der Waals surface area contributed by atoms with Crippen LogP contribution in [-0.4, -0.2) is 72.3 Å². The molecule has 0 aliphatic carbocycles. The van der Waals surface area contributed by atoms with Crippen LogP contribution in [-0.2, 0) is 13.1 Å². The van der Waals surface area contributed by atoms with Crippen LogP contribution in [0.3, 0.4) is 0 Å². The lowest BCUT2D eigenvalue weighted by molar-refractivity contribution is 0.121. The molecule has 0 amide bonds. The molecule has 29 heavy (non-hydrogen) atoms. The summed E-state index contributed by atoms with van der Waals surface area (Å²) in [4.78, 5) is 17.0. The number of rotatable bonds is 6. The van der Waals surface area contributed by atoms with Crippen molar-refractivity contribution in [1.29, 1.82) is 0 Å². The van der Waals surface area contributed by atoms with Gasteiger partial charge in [-0.25, -0.2) is 9.36 Å². The summed E-state index contributed by atoms with van der Waals surface area (Å²) in [6, 6.07) is 9.22. The van der Waals surface area contributed by atoms with Gasteiger partial charge in [-0.15, -0.1) is 5.10 Å². The van der Waals surface area contributed by atoms with E-state index in [0.717, 1.165) is 56.4 Å². The second-order valence-electron chi connectivity index (χ2n) is 7.42. The third kappa shape index (κ3) is 4.75. The van der Waals surface area contributed by atoms with Gasteiger partial charge in [0.05, 0.1) is 17.9 Å². The van der Waals surface area contributed by atoms with Crippen LogP contribution < -0.4 is 5.56 Å². The average Bonchev–Trinajstić information content (AvgIpc) is 3.07. The van der Waals surface area contributed by atoms with E-state index >= 15 is 0 Å². The fraction of sp³-hybridized carbons (Fsp3) is 0.450. The molecule has 1 saturated heterocycles. The Labute approximate surface area is 169 Å². The van der Waals surface area contributed by atoms with E-state index < -0.39 is 0 Å². The quantitative estimate of drug-likeness (QED) is 0.607. The van der Waals surface area contributed by atoms with Crippen molar-refractivity contribution >= 4 is 0 Å². The van der Waals surface area contributed by atoms with Gasteiger partial charge in [-0.2, -0.15) is 15.3 Å². The molecule has 9 nitrogen and oxygen atoms in total. The van der Waals surface area contributed by atoms with Gasteiger partial charge in [-0.3, -0.25) is 14.6 Å². The van der Waals surface area contributed by atoms with Gasteiger partial charge < -0.3 is 0 Å². The number of aryl methyl sites for hydroxylation is 2. The van der Waals surface area contributed by atoms with E-state index in [1.165, 1.54) is 4.68 Å². The average molecular weight is 394 g/mol. The molecule has 4 heterocycles. The first-order valence-corrected chi connectivity index (χ1v) is 9.91. The molecular formula is C20H26N8O. The van der Waals surface area contributed by atoms with Crippen molar-refractivity contribution in [2.24, 2.45) is 0 Å². The molecule has 1 fully saturated rings. The van der Waals surface area contributed by atoms with Crippen molar-refractivity contribution < 1.29 is 0 Å². The predicted molar refractivity (Wildman–Crippen MR) is 109 cm³/mol. The molecule has 3 aromatic rings. The molecular weight excluding hydrogens is 368 g/mol. The van der Waals surface area contributed by atoms with E-state index in [9.17, 15) is 4.79 Å². The summed E-state index contributed by atoms with van der Waals surface area (Å²) in [5.41, 5.74) is 2.84. The standard InChI is InChI=1S/C20H26N8O/c1-16-14-17(2)28(23-16)19-5-6-20(29)27(24-19)13-12-25-8-10-26(11-9-25)15-18-4-3-7-21-22-18/h3-7,14H,8-13,15H2,1-2H3. The first-order valence-electron chi connectivity index (χ1n) is 9.91. The monoisotopic (exact) mass is 394 g/mol. The Bertz CT molecular complexity index is 1000. The SMILES string of the molecule is Cc1cc(C)n(-c2ccc(=O)n(CCN3CCN(Cc4cccnn4)CC3)n2)n1. The van der Waals surface area contributed by atoms with E-state index in [4.69, 9.17) is 0 Å². The fourth-order valence-electron chi connectivity index (χ4n) is 3.63. The number of aromatic nitrogens is 6. The molecule has 4 rings (SSSR count). The highest BCUT2D eigenvalue weighted by molar-refractivity contribution is 5.23. The zero-order chi connectivity index (χ0) is 20.2. The highest BCUT2D eigenvalue weighted by atomic mass is 16.1. The van der Waals surface area contributed by atoms with Crippen LogP contribution in [0.1, 0.15) is 17.1 Å². The van der Waals surface area contributed by atoms with Gasteiger partial charge in [0.25, 0.3) is 5.56 Å². The Morgan fingerprint density at radius 2 is 1.76 bits per heavy atom. The summed E-state index contributed by atoms with van der Waals surface area (Å²) < 4.78 is 3.31. The van der Waals surface area contributed by atoms with Crippen LogP contribution >= 0.6 is 0 Å². The van der Waals surface area contributed by atoms with Crippen LogP contribution in [0, 0.1) is 13.8 Å². The molecule has 1 aliphatic rings. The lowest BCUT2D eigenvalue weighted by Crippen LogP contribution is -2.47. The van der Waals surface area contributed by atoms with Crippen molar-refractivity contribution in [2.45, 2.75) is 26.9 Å². The molecule has 0 spiro atoms. The van der Waals surface area contributed by atoms with Crippen LogP contribution in [0.15, 0.2) is 41.3 Å². The van der Waals surface area contributed by atoms with Crippen LogP contribution in [0.25, 0.3) is 5.82 Å². The van der Waals surface area contributed by atoms with Gasteiger partial charge in [0.2, 0.25) is 0 Å². The Hall–Kier alpha value is -2.91. The predicted octanol–water partition coefficient (Wildman–Crippen LogP) is 0.654. The van der Waals surface area contributed by atoms with Gasteiger partial charge >= 0.3 is 0 Å². The summed E-state index contributed by atoms with van der Waals surface area (Å²) in [7, 11) is 0. The van der Waals surface area contributed by atoms with Crippen molar-refractivity contribution in [1.82, 2.24) is 39.6 Å². The second kappa shape index (κ2) is 8.62. The third-order valence-electron chi connectivity index (χ3n) is 5.19. The molecule has 0 aromatic carbocycles. The summed E-state index contributed by atoms with van der Waals surface area (Å²) in [5.74, 6) is 0.670. The zero-order valence-corrected chi connectivity index (χ0v) is 16.9. The zero-order valence-electron chi connectivity index (χ0n) is 16.9. The Kier molecular flexibility index (Phi) is 5.77. The van der Waals surface area contributed by atoms with Crippen molar-refractivity contribution in [3.05, 3.63) is 64.0 Å². The minimum Gasteiger partial charge on any atom is -0.299 e. The molecule has 3 aromatic heterocycles. The van der Waals surface area contributed by atoms with E-state index in [2.05, 4.69) is 30.2 Å². The lowest BCUT2D eigenvalue weighted by Gasteiger charge is -2.34. The van der Waals surface area contributed by atoms with Crippen molar-refractivity contribution in [3.8, 4) is 5.82 Å². The van der Waals surface area contributed by atoms with Gasteiger partial charge in [0.1, 0.15) is 0 Å². The molecule has 0 bridgehead atoms. The summed E-state index contributed by atoms with van der Waals surface area (Å²) in [5, 5.41) is 17.1. The summed E-state index contributed by atoms with van der Waals surface area (Å²) >= 11 is 0. The first kappa shape index (κ1) is 19.4. The van der Waals surface area contributed by atoms with Gasteiger partial charge in [-0.1, -0.05) is 0 Å². The topological polar surface area (TPSA) is 85.0 Å². The normalized spacial score (nSPS) is 15.7. The maximum absolute atomic E-state index is 12.3. The molecule has 0 radical (unpaired) electrons. The maximum Gasteiger partial charge on any atom is 0.266 e. The highest BCUT2D eigenvalue weighted by Gasteiger charge is 2.17. The van der Waals surface area contributed by atoms with Gasteiger partial charge in [-0.05, 0) is 38.1 Å². The summed E-state index contributed by atoms with van der Waals surface area (Å²) in [6.07, 6.45) is 1.70. The summed E-state index contributed by atoms with van der Waals surface area (Å²) in [6.45, 7) is 10.0. The number of piperazine rings is 1. The Balaban J connectivity index is 1.33. The van der Waals surface area contributed by atoms with Crippen molar-refractivity contribution in [3.63, 3.8) is 0 Å². The first-order chi connectivity index (χ1) is 14.1. The smallest absolute Gasteiger partial charge is 0.266 e. The van der Waals surface area contributed by atoms with E-state index in [0.29, 0.717) is 12.4 Å². The minimum absolute atomic E-state index is 0.0865. The van der Waals surface area contributed by atoms with Crippen LogP contribution in [0.2, 0.25) is 0 Å². The Morgan fingerprint density at radius 3 is 2.45 bits per heavy atom. The maximum atomic E-state index is 12.3. The molecule has 0 atom stereocenters. The molecule has 1 aliphatic heterocycles. The number of hydrogen-bond acceptors (Lipinski definition) is 7. The third-order valence-corrected chi connectivity index (χ3v) is 5.19. The number of nitrogens with zero attached hydrogens (tertiary/aromatic N) is 8. The molecule has 0 unspecified atom stereocenters. The van der Waals surface area contributed by atoms with Gasteiger partial charge in [0, 0.05) is 57.2 Å². The molecule has 0 saturated carbocycles. The molecule has 0 N–H and O–H groups in total. The molecule has 9 heteroatoms. The largest absolute Gasteiger partial charge is 0.299 e. The highest BCUT2D eigenvalue weighted by Crippen LogP contribution is 2.09.